The number of sulfonamides is 1. The van der Waals surface area contributed by atoms with Gasteiger partial charge in [0.2, 0.25) is 10.0 Å². The molecule has 0 spiro atoms. The second-order valence-electron chi connectivity index (χ2n) is 5.71. The molecule has 0 bridgehead atoms. The van der Waals surface area contributed by atoms with Crippen LogP contribution in [0, 0.1) is 16.0 Å². The van der Waals surface area contributed by atoms with E-state index in [0.717, 1.165) is 19.3 Å². The highest BCUT2D eigenvalue weighted by atomic mass is 32.2. The Balaban J connectivity index is 2.44. The third kappa shape index (κ3) is 3.64. The zero-order valence-electron chi connectivity index (χ0n) is 13.0. The minimum absolute atomic E-state index is 0.0818. The van der Waals surface area contributed by atoms with Gasteiger partial charge in [-0.15, -0.1) is 0 Å². The van der Waals surface area contributed by atoms with E-state index in [1.165, 1.54) is 16.4 Å². The molecule has 0 saturated heterocycles. The van der Waals surface area contributed by atoms with E-state index in [-0.39, 0.29) is 10.6 Å². The first kappa shape index (κ1) is 16.9. The van der Waals surface area contributed by atoms with Crippen molar-refractivity contribution in [3.8, 4) is 0 Å². The molecule has 1 fully saturated rings. The fraction of sp³-hybridized carbons (Fsp3) is 0.600. The molecule has 0 N–H and O–H groups in total. The lowest BCUT2D eigenvalue weighted by molar-refractivity contribution is -0.385. The summed E-state index contributed by atoms with van der Waals surface area (Å²) in [4.78, 5) is 10.5. The first-order chi connectivity index (χ1) is 10.4. The summed E-state index contributed by atoms with van der Waals surface area (Å²) in [5.74, 6) is 0.435. The van der Waals surface area contributed by atoms with E-state index >= 15 is 0 Å². The molecule has 1 aliphatic rings. The number of aryl methyl sites for hydroxylation is 1. The van der Waals surface area contributed by atoms with Crippen LogP contribution in [-0.2, 0) is 16.4 Å². The molecule has 22 heavy (non-hydrogen) atoms. The molecule has 0 heterocycles. The summed E-state index contributed by atoms with van der Waals surface area (Å²) < 4.78 is 27.4. The topological polar surface area (TPSA) is 80.5 Å². The Morgan fingerprint density at radius 1 is 1.32 bits per heavy atom. The Morgan fingerprint density at radius 2 is 2.00 bits per heavy atom. The summed E-state index contributed by atoms with van der Waals surface area (Å²) in [6.07, 6.45) is 3.37. The number of non-ortho nitro benzene ring substituents is 1. The van der Waals surface area contributed by atoms with Crippen LogP contribution < -0.4 is 0 Å². The van der Waals surface area contributed by atoms with Gasteiger partial charge in [0, 0.05) is 25.2 Å². The molecule has 1 saturated carbocycles. The number of hydrogen-bond donors (Lipinski definition) is 0. The fourth-order valence-electron chi connectivity index (χ4n) is 2.48. The molecule has 0 aromatic heterocycles. The molecule has 0 unspecified atom stereocenters. The predicted molar refractivity (Wildman–Crippen MR) is 84.2 cm³/mol. The second kappa shape index (κ2) is 6.75. The van der Waals surface area contributed by atoms with Gasteiger partial charge in [0.25, 0.3) is 5.69 Å². The van der Waals surface area contributed by atoms with Gasteiger partial charge in [0.05, 0.1) is 9.82 Å². The number of rotatable bonds is 8. The van der Waals surface area contributed by atoms with E-state index in [1.807, 2.05) is 13.8 Å². The molecule has 1 aromatic rings. The summed E-state index contributed by atoms with van der Waals surface area (Å²) in [6, 6.07) is 4.11. The van der Waals surface area contributed by atoms with Gasteiger partial charge >= 0.3 is 0 Å². The Kier molecular flexibility index (Phi) is 5.18. The van der Waals surface area contributed by atoms with Crippen LogP contribution in [0.25, 0.3) is 0 Å². The number of nitro groups is 1. The first-order valence-corrected chi connectivity index (χ1v) is 9.11. The molecule has 6 nitrogen and oxygen atoms in total. The number of hydrogen-bond acceptors (Lipinski definition) is 4. The molecule has 0 aliphatic heterocycles. The van der Waals surface area contributed by atoms with Crippen LogP contribution in [0.3, 0.4) is 0 Å². The van der Waals surface area contributed by atoms with E-state index < -0.39 is 14.9 Å². The predicted octanol–water partition coefficient (Wildman–Crippen LogP) is 2.97. The van der Waals surface area contributed by atoms with Crippen LogP contribution in [0.4, 0.5) is 5.69 Å². The van der Waals surface area contributed by atoms with Crippen LogP contribution in [-0.4, -0.2) is 30.7 Å². The van der Waals surface area contributed by atoms with Crippen LogP contribution in [0.5, 0.6) is 0 Å². The van der Waals surface area contributed by atoms with Gasteiger partial charge in [-0.25, -0.2) is 8.42 Å². The van der Waals surface area contributed by atoms with Crippen molar-refractivity contribution in [2.24, 2.45) is 5.92 Å². The minimum atomic E-state index is -3.69. The largest absolute Gasteiger partial charge is 0.270 e. The maximum Gasteiger partial charge on any atom is 0.270 e. The Bertz CT molecular complexity index is 654. The average Bonchev–Trinajstić information content (AvgIpc) is 3.30. The summed E-state index contributed by atoms with van der Waals surface area (Å²) in [6.45, 7) is 4.75. The molecule has 0 amide bonds. The zero-order chi connectivity index (χ0) is 16.3. The summed E-state index contributed by atoms with van der Waals surface area (Å²) in [7, 11) is -3.69. The van der Waals surface area contributed by atoms with Crippen molar-refractivity contribution in [3.63, 3.8) is 0 Å². The summed E-state index contributed by atoms with van der Waals surface area (Å²) in [5, 5.41) is 11.0. The van der Waals surface area contributed by atoms with E-state index in [4.69, 9.17) is 0 Å². The SMILES string of the molecule is CCCN(CC1CC1)S(=O)(=O)c1cc([N+](=O)[O-])ccc1CC. The highest BCUT2D eigenvalue weighted by Crippen LogP contribution is 2.33. The van der Waals surface area contributed by atoms with E-state index in [0.29, 0.717) is 31.0 Å². The quantitative estimate of drug-likeness (QED) is 0.543. The molecule has 0 radical (unpaired) electrons. The molecule has 122 valence electrons. The van der Waals surface area contributed by atoms with Crippen LogP contribution >= 0.6 is 0 Å². The summed E-state index contributed by atoms with van der Waals surface area (Å²) >= 11 is 0. The average molecular weight is 326 g/mol. The van der Waals surface area contributed by atoms with Crippen LogP contribution in [0.15, 0.2) is 23.1 Å². The number of nitro benzene ring substituents is 1. The second-order valence-corrected chi connectivity index (χ2v) is 7.62. The number of nitrogens with zero attached hydrogens (tertiary/aromatic N) is 2. The van der Waals surface area contributed by atoms with Crippen LogP contribution in [0.2, 0.25) is 0 Å². The smallest absolute Gasteiger partial charge is 0.258 e. The highest BCUT2D eigenvalue weighted by molar-refractivity contribution is 7.89. The Labute approximate surface area is 131 Å². The monoisotopic (exact) mass is 326 g/mol. The lowest BCUT2D eigenvalue weighted by atomic mass is 10.1. The Morgan fingerprint density at radius 3 is 2.50 bits per heavy atom. The Hall–Kier alpha value is -1.47. The molecule has 7 heteroatoms. The van der Waals surface area contributed by atoms with E-state index in [2.05, 4.69) is 0 Å². The third-order valence-corrected chi connectivity index (χ3v) is 5.84. The molecule has 1 aromatic carbocycles. The standard InChI is InChI=1S/C15H22N2O4S/c1-3-9-16(11-12-5-6-12)22(20,21)15-10-14(17(18)19)8-7-13(15)4-2/h7-8,10,12H,3-6,9,11H2,1-2H3. The highest BCUT2D eigenvalue weighted by Gasteiger charge is 2.33. The number of benzene rings is 1. The fourth-order valence-corrected chi connectivity index (χ4v) is 4.40. The van der Waals surface area contributed by atoms with Gasteiger partial charge < -0.3 is 0 Å². The van der Waals surface area contributed by atoms with E-state index in [9.17, 15) is 18.5 Å². The minimum Gasteiger partial charge on any atom is -0.258 e. The van der Waals surface area contributed by atoms with Crippen molar-refractivity contribution in [2.45, 2.75) is 44.4 Å². The van der Waals surface area contributed by atoms with Gasteiger partial charge in [0.15, 0.2) is 0 Å². The maximum absolute atomic E-state index is 12.9. The lowest BCUT2D eigenvalue weighted by Crippen LogP contribution is -2.34. The van der Waals surface area contributed by atoms with Gasteiger partial charge in [-0.05, 0) is 37.2 Å². The van der Waals surface area contributed by atoms with Crippen molar-refractivity contribution in [2.75, 3.05) is 13.1 Å². The molecular weight excluding hydrogens is 304 g/mol. The van der Waals surface area contributed by atoms with Gasteiger partial charge in [-0.1, -0.05) is 19.9 Å². The molecule has 2 rings (SSSR count). The normalized spacial score (nSPS) is 15.2. The van der Waals surface area contributed by atoms with Crippen molar-refractivity contribution >= 4 is 15.7 Å². The lowest BCUT2D eigenvalue weighted by Gasteiger charge is -2.22. The summed E-state index contributed by atoms with van der Waals surface area (Å²) in [5.41, 5.74) is 0.446. The van der Waals surface area contributed by atoms with Gasteiger partial charge in [0.1, 0.15) is 0 Å². The third-order valence-electron chi connectivity index (χ3n) is 3.89. The van der Waals surface area contributed by atoms with Crippen molar-refractivity contribution < 1.29 is 13.3 Å². The first-order valence-electron chi connectivity index (χ1n) is 7.67. The van der Waals surface area contributed by atoms with Gasteiger partial charge in [-0.2, -0.15) is 4.31 Å². The zero-order valence-corrected chi connectivity index (χ0v) is 13.8. The van der Waals surface area contributed by atoms with E-state index in [1.54, 1.807) is 6.07 Å². The van der Waals surface area contributed by atoms with Gasteiger partial charge in [-0.3, -0.25) is 10.1 Å². The van der Waals surface area contributed by atoms with Crippen molar-refractivity contribution in [1.82, 2.24) is 4.31 Å². The van der Waals surface area contributed by atoms with Crippen molar-refractivity contribution in [1.29, 1.82) is 0 Å². The van der Waals surface area contributed by atoms with Crippen molar-refractivity contribution in [3.05, 3.63) is 33.9 Å². The molecule has 1 aliphatic carbocycles. The van der Waals surface area contributed by atoms with Crippen LogP contribution in [0.1, 0.15) is 38.7 Å². The maximum atomic E-state index is 12.9. The molecular formula is C15H22N2O4S. The molecule has 0 atom stereocenters.